The number of nitrogens with zero attached hydrogens (tertiary/aromatic N) is 1. The highest BCUT2D eigenvalue weighted by atomic mass is 16.1. The Morgan fingerprint density at radius 2 is 2.29 bits per heavy atom. The number of carbonyl (C=O) groups excluding carboxylic acids is 1. The van der Waals surface area contributed by atoms with Crippen LogP contribution in [-0.4, -0.2) is 22.6 Å². The summed E-state index contributed by atoms with van der Waals surface area (Å²) in [7, 11) is 0. The molecule has 2 aliphatic rings. The fraction of sp³-hybridized carbons (Fsp3) is 0.412. The monoisotopic (exact) mass is 281 g/mol. The van der Waals surface area contributed by atoms with Crippen molar-refractivity contribution < 1.29 is 4.79 Å². The molecule has 2 N–H and O–H groups in total. The van der Waals surface area contributed by atoms with Gasteiger partial charge < -0.3 is 5.32 Å². The van der Waals surface area contributed by atoms with Gasteiger partial charge in [0.05, 0.1) is 6.42 Å². The number of amides is 1. The van der Waals surface area contributed by atoms with Gasteiger partial charge in [0.2, 0.25) is 5.91 Å². The van der Waals surface area contributed by atoms with E-state index in [1.54, 1.807) is 6.20 Å². The van der Waals surface area contributed by atoms with E-state index in [9.17, 15) is 4.79 Å². The number of hydrogen-bond donors (Lipinski definition) is 2. The summed E-state index contributed by atoms with van der Waals surface area (Å²) >= 11 is 0. The molecule has 1 fully saturated rings. The number of carbonyl (C=O) groups is 1. The quantitative estimate of drug-likeness (QED) is 0.900. The van der Waals surface area contributed by atoms with Gasteiger partial charge in [-0.05, 0) is 42.4 Å². The summed E-state index contributed by atoms with van der Waals surface area (Å²) in [6.45, 7) is 0.793. The molecule has 1 aromatic carbocycles. The van der Waals surface area contributed by atoms with Gasteiger partial charge >= 0.3 is 0 Å². The Labute approximate surface area is 124 Å². The van der Waals surface area contributed by atoms with E-state index in [0.29, 0.717) is 17.8 Å². The molecule has 0 aliphatic heterocycles. The Morgan fingerprint density at radius 1 is 1.38 bits per heavy atom. The molecule has 1 heterocycles. The number of nitrogens with one attached hydrogen (secondary N) is 2. The van der Waals surface area contributed by atoms with Crippen LogP contribution in [0, 0.1) is 5.92 Å². The van der Waals surface area contributed by atoms with Gasteiger partial charge in [0.1, 0.15) is 0 Å². The molecule has 1 spiro atoms. The molecule has 4 heteroatoms. The summed E-state index contributed by atoms with van der Waals surface area (Å²) in [6.07, 6.45) is 5.71. The zero-order chi connectivity index (χ0) is 14.3. The number of H-pyrrole nitrogens is 1. The first-order valence-corrected chi connectivity index (χ1v) is 7.61. The van der Waals surface area contributed by atoms with Crippen molar-refractivity contribution in [3.8, 4) is 0 Å². The molecule has 1 saturated carbocycles. The fourth-order valence-electron chi connectivity index (χ4n) is 3.86. The predicted molar refractivity (Wildman–Crippen MR) is 79.8 cm³/mol. The van der Waals surface area contributed by atoms with Gasteiger partial charge in [0.25, 0.3) is 0 Å². The van der Waals surface area contributed by atoms with Crippen LogP contribution in [0.4, 0.5) is 0 Å². The van der Waals surface area contributed by atoms with E-state index < -0.39 is 0 Å². The van der Waals surface area contributed by atoms with Crippen molar-refractivity contribution >= 4 is 5.91 Å². The molecule has 2 aromatic rings. The molecular formula is C17H19N3O. The molecule has 4 rings (SSSR count). The summed E-state index contributed by atoms with van der Waals surface area (Å²) in [6, 6.07) is 10.6. The lowest BCUT2D eigenvalue weighted by Crippen LogP contribution is -2.29. The molecule has 21 heavy (non-hydrogen) atoms. The minimum atomic E-state index is 0.0765. The molecule has 2 atom stereocenters. The number of rotatable bonds is 4. The minimum Gasteiger partial charge on any atom is -0.355 e. The van der Waals surface area contributed by atoms with E-state index in [0.717, 1.165) is 12.2 Å². The lowest BCUT2D eigenvalue weighted by Gasteiger charge is -2.12. The van der Waals surface area contributed by atoms with Gasteiger partial charge in [-0.3, -0.25) is 9.89 Å². The van der Waals surface area contributed by atoms with Crippen molar-refractivity contribution in [2.45, 2.75) is 31.1 Å². The van der Waals surface area contributed by atoms with Crippen molar-refractivity contribution in [3.63, 3.8) is 0 Å². The fourth-order valence-corrected chi connectivity index (χ4v) is 3.86. The van der Waals surface area contributed by atoms with Gasteiger partial charge in [-0.1, -0.05) is 24.3 Å². The average Bonchev–Trinajstić information content (AvgIpc) is 2.83. The van der Waals surface area contributed by atoms with E-state index in [1.165, 1.54) is 30.4 Å². The van der Waals surface area contributed by atoms with E-state index in [1.807, 2.05) is 6.07 Å². The molecule has 1 amide bonds. The third-order valence-electron chi connectivity index (χ3n) is 5.08. The van der Waals surface area contributed by atoms with Crippen LogP contribution in [0.25, 0.3) is 0 Å². The highest BCUT2D eigenvalue weighted by molar-refractivity contribution is 5.78. The van der Waals surface area contributed by atoms with Gasteiger partial charge in [-0.25, -0.2) is 0 Å². The van der Waals surface area contributed by atoms with E-state index in [4.69, 9.17) is 0 Å². The summed E-state index contributed by atoms with van der Waals surface area (Å²) in [4.78, 5) is 11.9. The Balaban J connectivity index is 1.35. The molecule has 108 valence electrons. The van der Waals surface area contributed by atoms with Gasteiger partial charge in [-0.15, -0.1) is 0 Å². The number of aryl methyl sites for hydroxylation is 1. The maximum absolute atomic E-state index is 11.9. The number of aromatic amines is 1. The first-order valence-electron chi connectivity index (χ1n) is 7.61. The largest absolute Gasteiger partial charge is 0.355 e. The molecule has 0 unspecified atom stereocenters. The van der Waals surface area contributed by atoms with Crippen LogP contribution in [0.2, 0.25) is 0 Å². The lowest BCUT2D eigenvalue weighted by atomic mass is 9.95. The van der Waals surface area contributed by atoms with Crippen LogP contribution in [0.1, 0.15) is 29.7 Å². The SMILES string of the molecule is O=C(Cc1ccn[nH]1)NC[C@@H]1C[C@@]12CCc1ccccc12. The third kappa shape index (κ3) is 2.15. The first kappa shape index (κ1) is 12.6. The molecule has 0 bridgehead atoms. The number of aromatic nitrogens is 2. The van der Waals surface area contributed by atoms with Crippen LogP contribution in [0.15, 0.2) is 36.5 Å². The minimum absolute atomic E-state index is 0.0765. The van der Waals surface area contributed by atoms with E-state index in [-0.39, 0.29) is 5.91 Å². The van der Waals surface area contributed by atoms with Crippen LogP contribution in [0.5, 0.6) is 0 Å². The second-order valence-corrected chi connectivity index (χ2v) is 6.28. The molecule has 2 aliphatic carbocycles. The third-order valence-corrected chi connectivity index (χ3v) is 5.08. The smallest absolute Gasteiger partial charge is 0.226 e. The van der Waals surface area contributed by atoms with E-state index >= 15 is 0 Å². The van der Waals surface area contributed by atoms with Crippen LogP contribution in [0.3, 0.4) is 0 Å². The van der Waals surface area contributed by atoms with Gasteiger partial charge in [-0.2, -0.15) is 5.10 Å². The Hall–Kier alpha value is -2.10. The van der Waals surface area contributed by atoms with Crippen molar-refractivity contribution in [1.29, 1.82) is 0 Å². The normalized spacial score (nSPS) is 25.8. The van der Waals surface area contributed by atoms with Crippen LogP contribution >= 0.6 is 0 Å². The molecule has 4 nitrogen and oxygen atoms in total. The highest BCUT2D eigenvalue weighted by Crippen LogP contribution is 2.61. The molecule has 1 aromatic heterocycles. The molecule has 0 radical (unpaired) electrons. The van der Waals surface area contributed by atoms with Crippen LogP contribution < -0.4 is 5.32 Å². The number of hydrogen-bond acceptors (Lipinski definition) is 2. The number of fused-ring (bicyclic) bond motifs is 2. The van der Waals surface area contributed by atoms with Gasteiger partial charge in [0, 0.05) is 23.9 Å². The van der Waals surface area contributed by atoms with E-state index in [2.05, 4.69) is 39.8 Å². The summed E-state index contributed by atoms with van der Waals surface area (Å²) in [5.74, 6) is 0.680. The number of benzene rings is 1. The predicted octanol–water partition coefficient (Wildman–Crippen LogP) is 1.97. The Bertz CT molecular complexity index is 664. The second kappa shape index (κ2) is 4.72. The topological polar surface area (TPSA) is 57.8 Å². The van der Waals surface area contributed by atoms with Crippen LogP contribution in [-0.2, 0) is 23.1 Å². The lowest BCUT2D eigenvalue weighted by molar-refractivity contribution is -0.120. The van der Waals surface area contributed by atoms with Crippen molar-refractivity contribution in [2.75, 3.05) is 6.54 Å². The maximum Gasteiger partial charge on any atom is 0.226 e. The molecular weight excluding hydrogens is 262 g/mol. The Morgan fingerprint density at radius 3 is 3.14 bits per heavy atom. The standard InChI is InChI=1S/C17H19N3O/c21-16(9-14-6-8-19-20-14)18-11-13-10-17(13)7-5-12-3-1-2-4-15(12)17/h1-4,6,8,13H,5,7,9-11H2,(H,18,21)(H,19,20)/t13-,17-/m0/s1. The van der Waals surface area contributed by atoms with Crippen molar-refractivity contribution in [1.82, 2.24) is 15.5 Å². The zero-order valence-electron chi connectivity index (χ0n) is 11.9. The van der Waals surface area contributed by atoms with Crippen molar-refractivity contribution in [2.24, 2.45) is 5.92 Å². The highest BCUT2D eigenvalue weighted by Gasteiger charge is 2.57. The summed E-state index contributed by atoms with van der Waals surface area (Å²) in [5, 5.41) is 9.76. The Kier molecular flexibility index (Phi) is 2.84. The summed E-state index contributed by atoms with van der Waals surface area (Å²) in [5.41, 5.74) is 4.25. The second-order valence-electron chi connectivity index (χ2n) is 6.28. The zero-order valence-corrected chi connectivity index (χ0v) is 11.9. The average molecular weight is 281 g/mol. The van der Waals surface area contributed by atoms with Gasteiger partial charge in [0.15, 0.2) is 0 Å². The summed E-state index contributed by atoms with van der Waals surface area (Å²) < 4.78 is 0. The first-order chi connectivity index (χ1) is 10.3. The van der Waals surface area contributed by atoms with Crippen molar-refractivity contribution in [3.05, 3.63) is 53.3 Å². The molecule has 0 saturated heterocycles. The maximum atomic E-state index is 11.9.